The van der Waals surface area contributed by atoms with Gasteiger partial charge in [0.05, 0.1) is 17.3 Å². The number of likely N-dealkylation sites (tertiary alicyclic amines) is 1. The second kappa shape index (κ2) is 11.0. The van der Waals surface area contributed by atoms with E-state index in [4.69, 9.17) is 14.6 Å². The summed E-state index contributed by atoms with van der Waals surface area (Å²) in [4.78, 5) is 24.3. The van der Waals surface area contributed by atoms with Crippen LogP contribution < -0.4 is 4.74 Å². The number of nitrogens with zero attached hydrogens (tertiary/aromatic N) is 3. The fourth-order valence-electron chi connectivity index (χ4n) is 5.98. The highest BCUT2D eigenvalue weighted by Gasteiger charge is 2.40. The van der Waals surface area contributed by atoms with Gasteiger partial charge in [0, 0.05) is 35.9 Å². The first-order chi connectivity index (χ1) is 17.8. The summed E-state index contributed by atoms with van der Waals surface area (Å²) in [6.45, 7) is 7.66. The molecule has 3 unspecified atom stereocenters. The Balaban J connectivity index is 1.23. The smallest absolute Gasteiger partial charge is 0.407 e. The Morgan fingerprint density at radius 2 is 1.97 bits per heavy atom. The number of thiazole rings is 1. The molecule has 2 aliphatic heterocycles. The molecule has 2 aromatic rings. The third-order valence-corrected chi connectivity index (χ3v) is 9.16. The molecule has 1 aromatic heterocycles. The lowest BCUT2D eigenvalue weighted by molar-refractivity contribution is 0.0525. The van der Waals surface area contributed by atoms with Gasteiger partial charge in [0.1, 0.15) is 11.5 Å². The predicted octanol–water partition coefficient (Wildman–Crippen LogP) is 7.24. The van der Waals surface area contributed by atoms with Crippen LogP contribution in [0.15, 0.2) is 34.8 Å². The van der Waals surface area contributed by atoms with Crippen molar-refractivity contribution in [2.24, 2.45) is 16.5 Å². The van der Waals surface area contributed by atoms with Crippen molar-refractivity contribution in [3.63, 3.8) is 0 Å². The molecule has 1 N–H and O–H groups in total. The number of oxime groups is 1. The van der Waals surface area contributed by atoms with Crippen LogP contribution in [0.5, 0.6) is 5.75 Å². The van der Waals surface area contributed by atoms with Gasteiger partial charge in [-0.15, -0.1) is 11.3 Å². The lowest BCUT2D eigenvalue weighted by Crippen LogP contribution is -2.51. The molecule has 1 aromatic carbocycles. The lowest BCUT2D eigenvalue weighted by atomic mass is 9.77. The Labute approximate surface area is 223 Å². The van der Waals surface area contributed by atoms with Crippen molar-refractivity contribution in [1.82, 2.24) is 9.88 Å². The third kappa shape index (κ3) is 5.95. The maximum atomic E-state index is 11.8. The molecule has 3 heterocycles. The van der Waals surface area contributed by atoms with Gasteiger partial charge in [0.15, 0.2) is 6.10 Å². The minimum atomic E-state index is -0.829. The largest absolute Gasteiger partial charge is 0.493 e. The molecule has 8 heteroatoms. The van der Waals surface area contributed by atoms with Crippen molar-refractivity contribution in [3.05, 3.63) is 45.9 Å². The second-order valence-corrected chi connectivity index (χ2v) is 12.7. The molecule has 37 heavy (non-hydrogen) atoms. The minimum absolute atomic E-state index is 0.0299. The molecule has 0 spiro atoms. The quantitative estimate of drug-likeness (QED) is 0.430. The topological polar surface area (TPSA) is 84.3 Å². The van der Waals surface area contributed by atoms with Gasteiger partial charge >= 0.3 is 6.09 Å². The Morgan fingerprint density at radius 1 is 1.19 bits per heavy atom. The summed E-state index contributed by atoms with van der Waals surface area (Å²) in [5, 5.41) is 17.2. The van der Waals surface area contributed by atoms with E-state index in [2.05, 4.69) is 37.4 Å². The zero-order valence-electron chi connectivity index (χ0n) is 22.2. The second-order valence-electron chi connectivity index (χ2n) is 11.8. The Bertz CT molecular complexity index is 1120. The Kier molecular flexibility index (Phi) is 7.75. The number of hydrogen-bond acceptors (Lipinski definition) is 6. The average molecular weight is 526 g/mol. The zero-order valence-corrected chi connectivity index (χ0v) is 23.0. The molecule has 1 amide bonds. The molecule has 7 nitrogen and oxygen atoms in total. The lowest BCUT2D eigenvalue weighted by Gasteiger charge is -2.44. The number of carbonyl (C=O) groups is 1. The van der Waals surface area contributed by atoms with E-state index in [0.29, 0.717) is 18.9 Å². The van der Waals surface area contributed by atoms with E-state index in [1.165, 1.54) is 32.1 Å². The Morgan fingerprint density at radius 3 is 2.73 bits per heavy atom. The van der Waals surface area contributed by atoms with Gasteiger partial charge < -0.3 is 19.6 Å². The van der Waals surface area contributed by atoms with Crippen LogP contribution in [0.1, 0.15) is 100 Å². The summed E-state index contributed by atoms with van der Waals surface area (Å²) in [6, 6.07) is 8.13. The van der Waals surface area contributed by atoms with Gasteiger partial charge in [-0.1, -0.05) is 63.4 Å². The van der Waals surface area contributed by atoms with Crippen LogP contribution in [0.3, 0.4) is 0 Å². The minimum Gasteiger partial charge on any atom is -0.493 e. The van der Waals surface area contributed by atoms with Crippen LogP contribution in [0, 0.1) is 11.3 Å². The van der Waals surface area contributed by atoms with E-state index in [9.17, 15) is 9.90 Å². The molecule has 1 aliphatic carbocycles. The van der Waals surface area contributed by atoms with E-state index >= 15 is 0 Å². The maximum Gasteiger partial charge on any atom is 0.407 e. The fourth-order valence-corrected chi connectivity index (χ4v) is 6.96. The number of piperidine rings is 1. The van der Waals surface area contributed by atoms with Crippen LogP contribution in [-0.4, -0.2) is 46.0 Å². The molecule has 5 rings (SSSR count). The van der Waals surface area contributed by atoms with Crippen LogP contribution in [0.4, 0.5) is 4.79 Å². The SMILES string of the molecule is CC(C)(C)C1CC(c2nc(C3=NOC(c4ccccc4OCC4CCCCC4)C3)cs2)CCN1C(=O)O. The molecular weight excluding hydrogens is 486 g/mol. The highest BCUT2D eigenvalue weighted by Crippen LogP contribution is 2.41. The first-order valence-electron chi connectivity index (χ1n) is 13.7. The molecule has 3 atom stereocenters. The Hall–Kier alpha value is -2.61. The van der Waals surface area contributed by atoms with Gasteiger partial charge in [-0.05, 0) is 43.1 Å². The van der Waals surface area contributed by atoms with E-state index in [1.54, 1.807) is 16.2 Å². The molecule has 2 fully saturated rings. The van der Waals surface area contributed by atoms with Crippen molar-refractivity contribution in [2.75, 3.05) is 13.2 Å². The first kappa shape index (κ1) is 26.0. The predicted molar refractivity (Wildman–Crippen MR) is 146 cm³/mol. The summed E-state index contributed by atoms with van der Waals surface area (Å²) < 4.78 is 6.29. The first-order valence-corrected chi connectivity index (χ1v) is 14.6. The van der Waals surface area contributed by atoms with Gasteiger partial charge in [-0.25, -0.2) is 9.78 Å². The number of ether oxygens (including phenoxy) is 1. The molecule has 0 bridgehead atoms. The number of para-hydroxylation sites is 1. The zero-order chi connectivity index (χ0) is 26.0. The number of carboxylic acid groups (broad SMARTS) is 1. The molecular formula is C29H39N3O4S. The van der Waals surface area contributed by atoms with Crippen molar-refractivity contribution in [2.45, 2.75) is 90.2 Å². The monoisotopic (exact) mass is 525 g/mol. The summed E-state index contributed by atoms with van der Waals surface area (Å²) in [7, 11) is 0. The highest BCUT2D eigenvalue weighted by molar-refractivity contribution is 7.10. The van der Waals surface area contributed by atoms with E-state index < -0.39 is 6.09 Å². The number of hydrogen-bond donors (Lipinski definition) is 1. The summed E-state index contributed by atoms with van der Waals surface area (Å²) in [5.74, 6) is 1.80. The fraction of sp³-hybridized carbons (Fsp3) is 0.621. The number of aromatic nitrogens is 1. The highest BCUT2D eigenvalue weighted by atomic mass is 32.1. The van der Waals surface area contributed by atoms with E-state index in [1.807, 2.05) is 18.2 Å². The number of rotatable bonds is 6. The van der Waals surface area contributed by atoms with Crippen molar-refractivity contribution in [1.29, 1.82) is 0 Å². The standard InChI is InChI=1S/C29H39N3O4S/c1-29(2,3)26-15-20(13-14-32(26)28(33)34)27-30-23(18-37-27)22-16-25(36-31-22)21-11-7-8-12-24(21)35-17-19-9-5-4-6-10-19/h7-8,11-12,18-20,25-26H,4-6,9-10,13-17H2,1-3H3,(H,33,34). The van der Waals surface area contributed by atoms with Gasteiger partial charge in [0.2, 0.25) is 0 Å². The van der Waals surface area contributed by atoms with Gasteiger partial charge in [-0.3, -0.25) is 0 Å². The van der Waals surface area contributed by atoms with E-state index in [-0.39, 0.29) is 23.5 Å². The molecule has 200 valence electrons. The summed E-state index contributed by atoms with van der Waals surface area (Å²) in [5.41, 5.74) is 2.66. The summed E-state index contributed by atoms with van der Waals surface area (Å²) >= 11 is 1.65. The van der Waals surface area contributed by atoms with Gasteiger partial charge in [-0.2, -0.15) is 0 Å². The number of amides is 1. The van der Waals surface area contributed by atoms with Crippen LogP contribution >= 0.6 is 11.3 Å². The molecule has 0 radical (unpaired) electrons. The normalized spacial score (nSPS) is 25.0. The van der Waals surface area contributed by atoms with Crippen LogP contribution in [0.2, 0.25) is 0 Å². The van der Waals surface area contributed by atoms with Crippen molar-refractivity contribution >= 4 is 23.1 Å². The molecule has 3 aliphatic rings. The van der Waals surface area contributed by atoms with Gasteiger partial charge in [0.25, 0.3) is 0 Å². The summed E-state index contributed by atoms with van der Waals surface area (Å²) in [6.07, 6.45) is 7.73. The molecule has 1 saturated carbocycles. The van der Waals surface area contributed by atoms with Crippen LogP contribution in [-0.2, 0) is 4.84 Å². The van der Waals surface area contributed by atoms with Crippen molar-refractivity contribution < 1.29 is 19.5 Å². The van der Waals surface area contributed by atoms with Crippen LogP contribution in [0.25, 0.3) is 0 Å². The average Bonchev–Trinajstić information content (AvgIpc) is 3.58. The number of benzene rings is 1. The maximum absolute atomic E-state index is 11.8. The third-order valence-electron chi connectivity index (χ3n) is 8.15. The van der Waals surface area contributed by atoms with E-state index in [0.717, 1.165) is 47.2 Å². The van der Waals surface area contributed by atoms with Crippen molar-refractivity contribution in [3.8, 4) is 5.75 Å². The molecule has 1 saturated heterocycles.